The molecule has 0 saturated heterocycles. The zero-order valence-corrected chi connectivity index (χ0v) is 9.00. The van der Waals surface area contributed by atoms with Crippen molar-refractivity contribution in [3.8, 4) is 0 Å². The van der Waals surface area contributed by atoms with E-state index in [4.69, 9.17) is 10.5 Å². The van der Waals surface area contributed by atoms with Crippen LogP contribution >= 0.6 is 11.8 Å². The lowest BCUT2D eigenvalue weighted by Gasteiger charge is -2.02. The third kappa shape index (κ3) is 2.66. The average molecular weight is 215 g/mol. The van der Waals surface area contributed by atoms with Crippen LogP contribution in [-0.4, -0.2) is 28.6 Å². The maximum absolute atomic E-state index is 11.1. The number of rotatable bonds is 4. The topological polar surface area (TPSA) is 70.1 Å². The molecular weight excluding hydrogens is 202 g/mol. The molecule has 0 amide bonds. The fourth-order valence-electron chi connectivity index (χ4n) is 0.962. The van der Waals surface area contributed by atoms with E-state index in [1.54, 1.807) is 13.0 Å². The van der Waals surface area contributed by atoms with E-state index in [0.29, 0.717) is 12.4 Å². The summed E-state index contributed by atoms with van der Waals surface area (Å²) in [6, 6.07) is 1.73. The largest absolute Gasteiger partial charge is 0.465 e. The van der Waals surface area contributed by atoms with Crippen LogP contribution in [0.2, 0.25) is 0 Å². The zero-order valence-electron chi connectivity index (χ0n) is 8.19. The highest BCUT2D eigenvalue weighted by Gasteiger charge is 2.08. The van der Waals surface area contributed by atoms with Crippen LogP contribution in [0.4, 0.5) is 5.82 Å². The van der Waals surface area contributed by atoms with Gasteiger partial charge >= 0.3 is 5.97 Å². The predicted molar refractivity (Wildman–Crippen MR) is 55.1 cm³/mol. The Morgan fingerprint density at radius 1 is 1.79 bits per heavy atom. The number of nitrogens with two attached hydrogens (primary N) is 1. The Kier molecular flexibility index (Phi) is 3.82. The Morgan fingerprint density at radius 2 is 2.50 bits per heavy atom. The molecule has 5 nitrogen and oxygen atoms in total. The summed E-state index contributed by atoms with van der Waals surface area (Å²) in [5.41, 5.74) is 5.64. The van der Waals surface area contributed by atoms with E-state index in [2.05, 4.69) is 5.10 Å². The SMILES string of the molecule is CCOC(=O)Cn1nc(SC)cc1N. The number of nitrogens with zero attached hydrogens (tertiary/aromatic N) is 2. The Hall–Kier alpha value is -1.17. The Bertz CT molecular complexity index is 324. The molecule has 14 heavy (non-hydrogen) atoms. The average Bonchev–Trinajstić information content (AvgIpc) is 2.48. The summed E-state index contributed by atoms with van der Waals surface area (Å²) in [5, 5.41) is 4.90. The monoisotopic (exact) mass is 215 g/mol. The van der Waals surface area contributed by atoms with Crippen molar-refractivity contribution in [1.29, 1.82) is 0 Å². The van der Waals surface area contributed by atoms with Crippen LogP contribution in [-0.2, 0) is 16.1 Å². The Labute approximate surface area is 86.6 Å². The van der Waals surface area contributed by atoms with Gasteiger partial charge in [0.1, 0.15) is 17.4 Å². The van der Waals surface area contributed by atoms with Gasteiger partial charge in [-0.05, 0) is 13.2 Å². The maximum Gasteiger partial charge on any atom is 0.327 e. The van der Waals surface area contributed by atoms with Crippen molar-refractivity contribution in [2.45, 2.75) is 18.5 Å². The number of esters is 1. The molecule has 0 radical (unpaired) electrons. The smallest absolute Gasteiger partial charge is 0.327 e. The first kappa shape index (κ1) is 10.9. The predicted octanol–water partition coefficient (Wildman–Crippen LogP) is 0.750. The lowest BCUT2D eigenvalue weighted by atomic mass is 10.6. The van der Waals surface area contributed by atoms with E-state index in [0.717, 1.165) is 5.03 Å². The highest BCUT2D eigenvalue weighted by Crippen LogP contribution is 2.15. The number of aromatic nitrogens is 2. The number of carbonyl (C=O) groups is 1. The van der Waals surface area contributed by atoms with Gasteiger partial charge in [-0.3, -0.25) is 4.79 Å². The number of anilines is 1. The molecule has 0 aromatic carbocycles. The first-order valence-electron chi connectivity index (χ1n) is 4.20. The number of ether oxygens (including phenoxy) is 1. The summed E-state index contributed by atoms with van der Waals surface area (Å²) in [7, 11) is 0. The highest BCUT2D eigenvalue weighted by atomic mass is 32.2. The number of hydrogen-bond donors (Lipinski definition) is 1. The molecule has 1 aromatic rings. The summed E-state index contributed by atoms with van der Waals surface area (Å²) in [6.45, 7) is 2.20. The molecule has 1 rings (SSSR count). The number of carbonyl (C=O) groups excluding carboxylic acids is 1. The standard InChI is InChI=1S/C8H13N3O2S/c1-3-13-8(12)5-11-6(9)4-7(10-11)14-2/h4H,3,5,9H2,1-2H3. The van der Waals surface area contributed by atoms with Crippen molar-refractivity contribution in [1.82, 2.24) is 9.78 Å². The van der Waals surface area contributed by atoms with Crippen LogP contribution in [0.25, 0.3) is 0 Å². The normalized spacial score (nSPS) is 10.1. The zero-order chi connectivity index (χ0) is 10.6. The molecule has 0 atom stereocenters. The second-order valence-electron chi connectivity index (χ2n) is 2.57. The molecule has 6 heteroatoms. The number of thioether (sulfide) groups is 1. The van der Waals surface area contributed by atoms with Gasteiger partial charge in [0, 0.05) is 6.07 Å². The van der Waals surface area contributed by atoms with E-state index in [-0.39, 0.29) is 12.5 Å². The second kappa shape index (κ2) is 4.90. The van der Waals surface area contributed by atoms with Gasteiger partial charge in [0.15, 0.2) is 0 Å². The summed E-state index contributed by atoms with van der Waals surface area (Å²) >= 11 is 1.48. The first-order chi connectivity index (χ1) is 6.67. The lowest BCUT2D eigenvalue weighted by molar-refractivity contribution is -0.144. The molecule has 0 unspecified atom stereocenters. The molecule has 0 aliphatic carbocycles. The first-order valence-corrected chi connectivity index (χ1v) is 5.42. The highest BCUT2D eigenvalue weighted by molar-refractivity contribution is 7.98. The Morgan fingerprint density at radius 3 is 3.00 bits per heavy atom. The van der Waals surface area contributed by atoms with Gasteiger partial charge in [0.25, 0.3) is 0 Å². The van der Waals surface area contributed by atoms with Crippen molar-refractivity contribution in [3.05, 3.63) is 6.07 Å². The van der Waals surface area contributed by atoms with E-state index < -0.39 is 0 Å². The fraction of sp³-hybridized carbons (Fsp3) is 0.500. The Balaban J connectivity index is 2.66. The van der Waals surface area contributed by atoms with Crippen molar-refractivity contribution < 1.29 is 9.53 Å². The molecular formula is C8H13N3O2S. The van der Waals surface area contributed by atoms with Crippen LogP contribution in [0.15, 0.2) is 11.1 Å². The molecule has 0 bridgehead atoms. The van der Waals surface area contributed by atoms with Gasteiger partial charge in [0.05, 0.1) is 6.61 Å². The minimum atomic E-state index is -0.324. The minimum absolute atomic E-state index is 0.0697. The van der Waals surface area contributed by atoms with Crippen molar-refractivity contribution in [2.24, 2.45) is 0 Å². The van der Waals surface area contributed by atoms with E-state index in [1.165, 1.54) is 16.4 Å². The van der Waals surface area contributed by atoms with E-state index in [1.807, 2.05) is 6.26 Å². The molecule has 0 aliphatic heterocycles. The molecule has 0 aliphatic rings. The van der Waals surface area contributed by atoms with Gasteiger partial charge in [-0.2, -0.15) is 5.10 Å². The van der Waals surface area contributed by atoms with Gasteiger partial charge in [-0.25, -0.2) is 4.68 Å². The summed E-state index contributed by atoms with van der Waals surface area (Å²) in [6.07, 6.45) is 1.90. The molecule has 0 saturated carbocycles. The van der Waals surface area contributed by atoms with Gasteiger partial charge in [0.2, 0.25) is 0 Å². The van der Waals surface area contributed by atoms with Crippen LogP contribution in [0.1, 0.15) is 6.92 Å². The van der Waals surface area contributed by atoms with E-state index >= 15 is 0 Å². The van der Waals surface area contributed by atoms with Gasteiger partial charge in [-0.15, -0.1) is 11.8 Å². The van der Waals surface area contributed by atoms with Crippen molar-refractivity contribution in [2.75, 3.05) is 18.6 Å². The third-order valence-corrected chi connectivity index (χ3v) is 2.20. The van der Waals surface area contributed by atoms with Crippen molar-refractivity contribution in [3.63, 3.8) is 0 Å². The van der Waals surface area contributed by atoms with E-state index in [9.17, 15) is 4.79 Å². The quantitative estimate of drug-likeness (QED) is 0.593. The summed E-state index contributed by atoms with van der Waals surface area (Å²) < 4.78 is 6.22. The lowest BCUT2D eigenvalue weighted by Crippen LogP contribution is -2.16. The fourth-order valence-corrected chi connectivity index (χ4v) is 1.38. The molecule has 1 aromatic heterocycles. The number of hydrogen-bond acceptors (Lipinski definition) is 5. The minimum Gasteiger partial charge on any atom is -0.465 e. The van der Waals surface area contributed by atoms with Gasteiger partial charge in [-0.1, -0.05) is 0 Å². The van der Waals surface area contributed by atoms with Crippen molar-refractivity contribution >= 4 is 23.5 Å². The van der Waals surface area contributed by atoms with Gasteiger partial charge < -0.3 is 10.5 Å². The molecule has 0 spiro atoms. The molecule has 0 fully saturated rings. The molecule has 1 heterocycles. The summed E-state index contributed by atoms with van der Waals surface area (Å²) in [4.78, 5) is 11.1. The van der Waals surface area contributed by atoms with Crippen LogP contribution in [0.5, 0.6) is 0 Å². The van der Waals surface area contributed by atoms with Crippen LogP contribution in [0, 0.1) is 0 Å². The molecule has 78 valence electrons. The maximum atomic E-state index is 11.1. The molecule has 2 N–H and O–H groups in total. The third-order valence-electron chi connectivity index (χ3n) is 1.58. The second-order valence-corrected chi connectivity index (χ2v) is 3.40. The summed E-state index contributed by atoms with van der Waals surface area (Å²) in [5.74, 6) is 0.150. The van der Waals surface area contributed by atoms with Crippen LogP contribution in [0.3, 0.4) is 0 Å². The van der Waals surface area contributed by atoms with Crippen LogP contribution < -0.4 is 5.73 Å². The number of nitrogen functional groups attached to an aromatic ring is 1.